The van der Waals surface area contributed by atoms with Crippen molar-refractivity contribution in [1.82, 2.24) is 14.9 Å². The average Bonchev–Trinajstić information content (AvgIpc) is 2.64. The summed E-state index contributed by atoms with van der Waals surface area (Å²) < 4.78 is 18.7. The van der Waals surface area contributed by atoms with Gasteiger partial charge in [-0.15, -0.1) is 0 Å². The van der Waals surface area contributed by atoms with Crippen molar-refractivity contribution < 1.29 is 23.8 Å². The number of nitrogens with zero attached hydrogens (tertiary/aromatic N) is 3. The third-order valence-corrected chi connectivity index (χ3v) is 4.52. The van der Waals surface area contributed by atoms with Gasteiger partial charge in [0.1, 0.15) is 17.9 Å². The highest BCUT2D eigenvalue weighted by molar-refractivity contribution is 5.95. The lowest BCUT2D eigenvalue weighted by Gasteiger charge is -2.38. The number of aliphatic carboxylic acids is 1. The van der Waals surface area contributed by atoms with Gasteiger partial charge in [-0.2, -0.15) is 0 Å². The van der Waals surface area contributed by atoms with Gasteiger partial charge in [-0.05, 0) is 31.2 Å². The first-order valence-corrected chi connectivity index (χ1v) is 8.15. The number of carboxylic acid groups (broad SMARTS) is 1. The van der Waals surface area contributed by atoms with Gasteiger partial charge in [-0.1, -0.05) is 0 Å². The second-order valence-electron chi connectivity index (χ2n) is 6.17. The number of piperidine rings is 1. The average molecular weight is 359 g/mol. The second-order valence-corrected chi connectivity index (χ2v) is 6.17. The summed E-state index contributed by atoms with van der Waals surface area (Å²) in [4.78, 5) is 33.9. The summed E-state index contributed by atoms with van der Waals surface area (Å²) in [6.07, 6.45) is 3.07. The molecule has 1 amide bonds. The second kappa shape index (κ2) is 7.07. The van der Waals surface area contributed by atoms with E-state index in [1.54, 1.807) is 11.8 Å². The summed E-state index contributed by atoms with van der Waals surface area (Å²) in [6, 6.07) is 5.20. The largest absolute Gasteiger partial charge is 0.478 e. The minimum atomic E-state index is -1.45. The summed E-state index contributed by atoms with van der Waals surface area (Å²) in [6.45, 7) is 2.17. The zero-order chi connectivity index (χ0) is 18.7. The number of rotatable bonds is 4. The Hall–Kier alpha value is -3.03. The number of carboxylic acids is 1. The van der Waals surface area contributed by atoms with Gasteiger partial charge in [0.15, 0.2) is 0 Å². The number of aryl methyl sites for hydroxylation is 1. The van der Waals surface area contributed by atoms with E-state index in [2.05, 4.69) is 9.97 Å². The van der Waals surface area contributed by atoms with Crippen LogP contribution in [0.5, 0.6) is 5.75 Å². The maximum Gasteiger partial charge on any atom is 0.348 e. The lowest BCUT2D eigenvalue weighted by Crippen LogP contribution is -2.54. The molecule has 26 heavy (non-hydrogen) atoms. The van der Waals surface area contributed by atoms with E-state index >= 15 is 0 Å². The van der Waals surface area contributed by atoms with E-state index in [9.17, 15) is 19.1 Å². The van der Waals surface area contributed by atoms with Crippen molar-refractivity contribution in [1.29, 1.82) is 0 Å². The quantitative estimate of drug-likeness (QED) is 0.898. The van der Waals surface area contributed by atoms with Gasteiger partial charge in [0, 0.05) is 32.1 Å². The normalized spacial score (nSPS) is 16.2. The van der Waals surface area contributed by atoms with Crippen LogP contribution in [-0.4, -0.2) is 50.5 Å². The van der Waals surface area contributed by atoms with Crippen LogP contribution in [0, 0.1) is 12.7 Å². The first-order chi connectivity index (χ1) is 12.4. The fourth-order valence-corrected chi connectivity index (χ4v) is 2.93. The fraction of sp³-hybridized carbons (Fsp3) is 0.333. The lowest BCUT2D eigenvalue weighted by molar-refractivity contribution is -0.159. The summed E-state index contributed by atoms with van der Waals surface area (Å²) in [5.74, 6) is -1.49. The Morgan fingerprint density at radius 1 is 1.23 bits per heavy atom. The summed E-state index contributed by atoms with van der Waals surface area (Å²) in [5, 5.41) is 9.67. The molecule has 136 valence electrons. The van der Waals surface area contributed by atoms with Crippen LogP contribution in [0.3, 0.4) is 0 Å². The van der Waals surface area contributed by atoms with Crippen molar-refractivity contribution in [2.45, 2.75) is 25.4 Å². The molecule has 8 heteroatoms. The van der Waals surface area contributed by atoms with Crippen LogP contribution in [0.25, 0.3) is 0 Å². The third kappa shape index (κ3) is 3.49. The van der Waals surface area contributed by atoms with Crippen LogP contribution in [-0.2, 0) is 4.79 Å². The molecule has 1 aliphatic rings. The summed E-state index contributed by atoms with van der Waals surface area (Å²) >= 11 is 0. The summed E-state index contributed by atoms with van der Waals surface area (Å²) in [7, 11) is 0. The van der Waals surface area contributed by atoms with E-state index in [-0.39, 0.29) is 37.6 Å². The molecule has 1 aromatic heterocycles. The number of likely N-dealkylation sites (tertiary alicyclic amines) is 1. The number of ether oxygens (including phenoxy) is 1. The molecule has 0 unspecified atom stereocenters. The van der Waals surface area contributed by atoms with Crippen LogP contribution in [0.1, 0.15) is 28.9 Å². The lowest BCUT2D eigenvalue weighted by atomic mass is 9.90. The van der Waals surface area contributed by atoms with Crippen molar-refractivity contribution in [3.05, 3.63) is 53.9 Å². The number of hydrogen-bond donors (Lipinski definition) is 1. The van der Waals surface area contributed by atoms with Crippen molar-refractivity contribution in [2.75, 3.05) is 13.1 Å². The molecule has 0 aliphatic carbocycles. The van der Waals surface area contributed by atoms with E-state index in [0.717, 1.165) is 0 Å². The van der Waals surface area contributed by atoms with Gasteiger partial charge in [-0.3, -0.25) is 4.79 Å². The van der Waals surface area contributed by atoms with E-state index in [1.807, 2.05) is 0 Å². The fourth-order valence-electron chi connectivity index (χ4n) is 2.93. The molecule has 0 saturated carbocycles. The van der Waals surface area contributed by atoms with Gasteiger partial charge >= 0.3 is 5.97 Å². The molecule has 1 N–H and O–H groups in total. The molecule has 2 aromatic rings. The zero-order valence-electron chi connectivity index (χ0n) is 14.2. The minimum absolute atomic E-state index is 0.123. The van der Waals surface area contributed by atoms with Gasteiger partial charge in [0.05, 0.1) is 11.3 Å². The van der Waals surface area contributed by atoms with Crippen molar-refractivity contribution in [3.8, 4) is 5.75 Å². The predicted octanol–water partition coefficient (Wildman–Crippen LogP) is 2.06. The highest BCUT2D eigenvalue weighted by Gasteiger charge is 2.45. The van der Waals surface area contributed by atoms with Crippen molar-refractivity contribution >= 4 is 11.9 Å². The van der Waals surface area contributed by atoms with Crippen LogP contribution in [0.4, 0.5) is 4.39 Å². The molecule has 2 heterocycles. The highest BCUT2D eigenvalue weighted by atomic mass is 19.1. The molecular formula is C18H18FN3O4. The first-order valence-electron chi connectivity index (χ1n) is 8.15. The molecule has 0 radical (unpaired) electrons. The number of benzene rings is 1. The third-order valence-electron chi connectivity index (χ3n) is 4.52. The highest BCUT2D eigenvalue weighted by Crippen LogP contribution is 2.30. The first kappa shape index (κ1) is 17.8. The van der Waals surface area contributed by atoms with Gasteiger partial charge in [-0.25, -0.2) is 19.2 Å². The van der Waals surface area contributed by atoms with Crippen LogP contribution >= 0.6 is 0 Å². The van der Waals surface area contributed by atoms with Gasteiger partial charge in [0.25, 0.3) is 5.91 Å². The number of hydrogen-bond acceptors (Lipinski definition) is 5. The topological polar surface area (TPSA) is 92.6 Å². The molecule has 0 bridgehead atoms. The number of halogens is 1. The SMILES string of the molecule is Cc1ncncc1C(=O)N1CCC(Oc2ccc(F)cc2)(C(=O)O)CC1. The van der Waals surface area contributed by atoms with E-state index in [1.165, 1.54) is 36.8 Å². The number of aromatic nitrogens is 2. The molecular weight excluding hydrogens is 341 g/mol. The Kier molecular flexibility index (Phi) is 4.83. The number of carbonyl (C=O) groups excluding carboxylic acids is 1. The van der Waals surface area contributed by atoms with Crippen molar-refractivity contribution in [3.63, 3.8) is 0 Å². The minimum Gasteiger partial charge on any atom is -0.478 e. The van der Waals surface area contributed by atoms with E-state index in [0.29, 0.717) is 11.3 Å². The monoisotopic (exact) mass is 359 g/mol. The van der Waals surface area contributed by atoms with E-state index < -0.39 is 17.4 Å². The van der Waals surface area contributed by atoms with Crippen LogP contribution < -0.4 is 4.74 Å². The Balaban J connectivity index is 1.73. The maximum atomic E-state index is 13.0. The van der Waals surface area contributed by atoms with Crippen LogP contribution in [0.15, 0.2) is 36.8 Å². The molecule has 1 aliphatic heterocycles. The predicted molar refractivity (Wildman–Crippen MR) is 89.3 cm³/mol. The molecule has 3 rings (SSSR count). The number of carbonyl (C=O) groups is 2. The van der Waals surface area contributed by atoms with E-state index in [4.69, 9.17) is 4.74 Å². The zero-order valence-corrected chi connectivity index (χ0v) is 14.2. The molecule has 7 nitrogen and oxygen atoms in total. The maximum absolute atomic E-state index is 13.0. The molecule has 0 spiro atoms. The summed E-state index contributed by atoms with van der Waals surface area (Å²) in [5.41, 5.74) is -0.478. The number of amides is 1. The smallest absolute Gasteiger partial charge is 0.348 e. The van der Waals surface area contributed by atoms with Crippen molar-refractivity contribution in [2.24, 2.45) is 0 Å². The van der Waals surface area contributed by atoms with Gasteiger partial charge in [0.2, 0.25) is 5.60 Å². The van der Waals surface area contributed by atoms with Crippen LogP contribution in [0.2, 0.25) is 0 Å². The molecule has 1 fully saturated rings. The Morgan fingerprint density at radius 2 is 1.88 bits per heavy atom. The molecule has 1 aromatic carbocycles. The standard InChI is InChI=1S/C18H18FN3O4/c1-12-15(10-20-11-21-12)16(23)22-8-6-18(7-9-22,17(24)25)26-14-4-2-13(19)3-5-14/h2-5,10-11H,6-9H2,1H3,(H,24,25). The Morgan fingerprint density at radius 3 is 2.46 bits per heavy atom. The molecule has 1 saturated heterocycles. The Bertz CT molecular complexity index is 817. The van der Waals surface area contributed by atoms with Gasteiger partial charge < -0.3 is 14.7 Å². The Labute approximate surface area is 149 Å². The molecule has 0 atom stereocenters.